The van der Waals surface area contributed by atoms with Gasteiger partial charge in [-0.05, 0) is 54.7 Å². The van der Waals surface area contributed by atoms with Gasteiger partial charge < -0.3 is 24.2 Å². The zero-order valence-electron chi connectivity index (χ0n) is 24.8. The van der Waals surface area contributed by atoms with E-state index < -0.39 is 22.6 Å². The van der Waals surface area contributed by atoms with Crippen LogP contribution in [0, 0.1) is 0 Å². The second kappa shape index (κ2) is 14.6. The highest BCUT2D eigenvalue weighted by atomic mass is 28.4. The van der Waals surface area contributed by atoms with Crippen molar-refractivity contribution in [1.29, 1.82) is 0 Å². The average Bonchev–Trinajstić information content (AvgIpc) is 2.79. The fourth-order valence-corrected chi connectivity index (χ4v) is 6.27. The minimum atomic E-state index is -1.97. The number of aryl methyl sites for hydroxylation is 1. The molecule has 1 rings (SSSR count). The zero-order chi connectivity index (χ0) is 28.3. The molecule has 0 aliphatic heterocycles. The molecule has 0 aromatic heterocycles. The monoisotopic (exact) mass is 552 g/mol. The second-order valence-electron chi connectivity index (χ2n) is 12.5. The van der Waals surface area contributed by atoms with Crippen LogP contribution in [-0.4, -0.2) is 77.9 Å². The average molecular weight is 553 g/mol. The normalized spacial score (nSPS) is 13.0. The number of nitrogens with zero attached hydrogens (tertiary/aromatic N) is 1. The van der Waals surface area contributed by atoms with Crippen molar-refractivity contribution >= 4 is 28.5 Å². The summed E-state index contributed by atoms with van der Waals surface area (Å²) in [6.07, 6.45) is 2.02. The number of carboxylic acids is 1. The van der Waals surface area contributed by atoms with E-state index in [-0.39, 0.29) is 35.5 Å². The van der Waals surface area contributed by atoms with Gasteiger partial charge in [-0.3, -0.25) is 9.59 Å². The van der Waals surface area contributed by atoms with Crippen LogP contribution in [-0.2, 0) is 24.9 Å². The van der Waals surface area contributed by atoms with Crippen molar-refractivity contribution in [2.75, 3.05) is 39.4 Å². The Balaban J connectivity index is 2.50. The van der Waals surface area contributed by atoms with Crippen LogP contribution >= 0.6 is 0 Å². The summed E-state index contributed by atoms with van der Waals surface area (Å²) in [7, 11) is -3.90. The van der Waals surface area contributed by atoms with Crippen molar-refractivity contribution in [3.05, 3.63) is 35.9 Å². The molecule has 0 saturated carbocycles. The Hall–Kier alpha value is -1.53. The van der Waals surface area contributed by atoms with Gasteiger partial charge in [0.25, 0.3) is 0 Å². The molecule has 37 heavy (non-hydrogen) atoms. The number of carbonyl (C=O) groups excluding carboxylic acids is 1. The quantitative estimate of drug-likeness (QED) is 0.195. The third-order valence-corrected chi connectivity index (χ3v) is 17.1. The van der Waals surface area contributed by atoms with Crippen molar-refractivity contribution in [1.82, 2.24) is 10.2 Å². The lowest BCUT2D eigenvalue weighted by atomic mass is 10.0. The summed E-state index contributed by atoms with van der Waals surface area (Å²) in [5, 5.41) is 12.5. The fraction of sp³-hybridized carbons (Fsp3) is 0.714. The molecule has 0 radical (unpaired) electrons. The first-order valence-electron chi connectivity index (χ1n) is 13.5. The molecule has 0 aliphatic carbocycles. The second-order valence-corrected chi connectivity index (χ2v) is 22.0. The maximum absolute atomic E-state index is 12.8. The molecular formula is C28H52N2O5Si2. The predicted octanol–water partition coefficient (Wildman–Crippen LogP) is 5.54. The van der Waals surface area contributed by atoms with Crippen LogP contribution in [0.2, 0.25) is 36.3 Å². The van der Waals surface area contributed by atoms with E-state index in [1.54, 1.807) is 4.90 Å². The number of nitrogens with one attached hydrogen (secondary N) is 1. The molecule has 1 aromatic carbocycles. The molecule has 0 saturated heterocycles. The van der Waals surface area contributed by atoms with Crippen molar-refractivity contribution < 1.29 is 23.5 Å². The summed E-state index contributed by atoms with van der Waals surface area (Å²) in [4.78, 5) is 25.5. The molecule has 7 nitrogen and oxygen atoms in total. The van der Waals surface area contributed by atoms with E-state index in [0.29, 0.717) is 26.3 Å². The highest BCUT2D eigenvalue weighted by Gasteiger charge is 2.40. The minimum Gasteiger partial charge on any atom is -0.481 e. The van der Waals surface area contributed by atoms with E-state index in [2.05, 4.69) is 90.4 Å². The van der Waals surface area contributed by atoms with Crippen molar-refractivity contribution in [3.8, 4) is 0 Å². The van der Waals surface area contributed by atoms with Gasteiger partial charge in [0.05, 0.1) is 19.6 Å². The number of amides is 1. The van der Waals surface area contributed by atoms with Gasteiger partial charge >= 0.3 is 5.97 Å². The SMILES string of the molecule is CC(C)(C)[Si](C)(C)OCCN(CCC(=O)O)C(=O)CNCCO[Si](C)(C)C(C)(C)CCc1ccccc1. The Morgan fingerprint density at radius 2 is 1.51 bits per heavy atom. The fourth-order valence-electron chi connectivity index (χ4n) is 3.50. The van der Waals surface area contributed by atoms with Crippen LogP contribution in [0.5, 0.6) is 0 Å². The number of benzene rings is 1. The molecule has 0 atom stereocenters. The Bertz CT molecular complexity index is 839. The third-order valence-electron chi connectivity index (χ3n) is 8.11. The molecule has 1 aromatic rings. The number of hydrogen-bond donors (Lipinski definition) is 2. The predicted molar refractivity (Wildman–Crippen MR) is 157 cm³/mol. The van der Waals surface area contributed by atoms with Gasteiger partial charge in [0.2, 0.25) is 5.91 Å². The molecular weight excluding hydrogens is 500 g/mol. The summed E-state index contributed by atoms with van der Waals surface area (Å²) >= 11 is 0. The summed E-state index contributed by atoms with van der Waals surface area (Å²) in [6.45, 7) is 22.3. The van der Waals surface area contributed by atoms with Gasteiger partial charge in [-0.15, -0.1) is 0 Å². The molecule has 0 heterocycles. The molecule has 0 aliphatic rings. The lowest BCUT2D eigenvalue weighted by molar-refractivity contribution is -0.138. The zero-order valence-corrected chi connectivity index (χ0v) is 26.8. The molecule has 2 N–H and O–H groups in total. The smallest absolute Gasteiger partial charge is 0.305 e. The first kappa shape index (κ1) is 33.5. The molecule has 0 fully saturated rings. The molecule has 9 heteroatoms. The third kappa shape index (κ3) is 11.8. The largest absolute Gasteiger partial charge is 0.481 e. The summed E-state index contributed by atoms with van der Waals surface area (Å²) < 4.78 is 12.6. The van der Waals surface area contributed by atoms with Crippen LogP contribution in [0.3, 0.4) is 0 Å². The van der Waals surface area contributed by atoms with E-state index in [1.165, 1.54) is 5.56 Å². The standard InChI is InChI=1S/C28H52N2O5Si2/c1-27(2,3)36(6,7)35-22-20-30(19-16-26(32)33)25(31)23-29-18-21-34-37(8,9)28(4,5)17-15-24-13-11-10-12-14-24/h10-14,29H,15-23H2,1-9H3,(H,32,33). The van der Waals surface area contributed by atoms with Gasteiger partial charge in [-0.2, -0.15) is 0 Å². The molecule has 0 bridgehead atoms. The summed E-state index contributed by atoms with van der Waals surface area (Å²) in [5.74, 6) is -1.02. The lowest BCUT2D eigenvalue weighted by Crippen LogP contribution is -2.46. The van der Waals surface area contributed by atoms with E-state index >= 15 is 0 Å². The van der Waals surface area contributed by atoms with Crippen molar-refractivity contribution in [3.63, 3.8) is 0 Å². The van der Waals surface area contributed by atoms with Crippen LogP contribution in [0.4, 0.5) is 0 Å². The van der Waals surface area contributed by atoms with Crippen molar-refractivity contribution in [2.24, 2.45) is 0 Å². The maximum atomic E-state index is 12.8. The highest BCUT2D eigenvalue weighted by molar-refractivity contribution is 6.74. The van der Waals surface area contributed by atoms with Crippen LogP contribution in [0.15, 0.2) is 30.3 Å². The maximum Gasteiger partial charge on any atom is 0.305 e. The van der Waals surface area contributed by atoms with Gasteiger partial charge in [0, 0.05) is 26.2 Å². The number of carbonyl (C=O) groups is 2. The van der Waals surface area contributed by atoms with Crippen molar-refractivity contribution in [2.45, 2.75) is 90.1 Å². The molecule has 0 unspecified atom stereocenters. The molecule has 0 spiro atoms. The van der Waals surface area contributed by atoms with Gasteiger partial charge in [-0.1, -0.05) is 65.0 Å². The Morgan fingerprint density at radius 3 is 2.08 bits per heavy atom. The number of aliphatic carboxylic acids is 1. The van der Waals surface area contributed by atoms with E-state index in [1.807, 2.05) is 6.07 Å². The summed E-state index contributed by atoms with van der Waals surface area (Å²) in [6, 6.07) is 10.6. The van der Waals surface area contributed by atoms with E-state index in [9.17, 15) is 9.59 Å². The highest BCUT2D eigenvalue weighted by Crippen LogP contribution is 2.42. The number of carboxylic acid groups (broad SMARTS) is 1. The van der Waals surface area contributed by atoms with Crippen LogP contribution in [0.25, 0.3) is 0 Å². The summed E-state index contributed by atoms with van der Waals surface area (Å²) in [5.41, 5.74) is 1.35. The van der Waals surface area contributed by atoms with Gasteiger partial charge in [-0.25, -0.2) is 0 Å². The first-order valence-corrected chi connectivity index (χ1v) is 19.3. The Kier molecular flexibility index (Phi) is 13.2. The van der Waals surface area contributed by atoms with Crippen LogP contribution < -0.4 is 5.32 Å². The minimum absolute atomic E-state index is 0.0766. The van der Waals surface area contributed by atoms with Crippen LogP contribution in [0.1, 0.15) is 53.0 Å². The topological polar surface area (TPSA) is 88.1 Å². The first-order chi connectivity index (χ1) is 17.0. The number of rotatable bonds is 17. The van der Waals surface area contributed by atoms with Gasteiger partial charge in [0.15, 0.2) is 16.6 Å². The van der Waals surface area contributed by atoms with Gasteiger partial charge in [0.1, 0.15) is 0 Å². The molecule has 1 amide bonds. The number of hydrogen-bond acceptors (Lipinski definition) is 5. The Morgan fingerprint density at radius 1 is 0.919 bits per heavy atom. The molecule has 212 valence electrons. The lowest BCUT2D eigenvalue weighted by Gasteiger charge is -2.39. The Labute approximate surface area is 227 Å². The van der Waals surface area contributed by atoms with E-state index in [0.717, 1.165) is 12.8 Å². The van der Waals surface area contributed by atoms with E-state index in [4.69, 9.17) is 14.0 Å².